The Morgan fingerprint density at radius 2 is 1.27 bits per heavy atom. The highest BCUT2D eigenvalue weighted by molar-refractivity contribution is 6.09. The van der Waals surface area contributed by atoms with Crippen molar-refractivity contribution in [3.05, 3.63) is 156 Å². The summed E-state index contributed by atoms with van der Waals surface area (Å²) in [5, 5.41) is 2.13. The zero-order valence-electron chi connectivity index (χ0n) is 33.4. The lowest BCUT2D eigenvalue weighted by Gasteiger charge is -2.36. The lowest BCUT2D eigenvalue weighted by Crippen LogP contribution is -2.32. The predicted molar refractivity (Wildman–Crippen MR) is 233 cm³/mol. The van der Waals surface area contributed by atoms with Crippen LogP contribution in [0.2, 0.25) is 0 Å². The molecule has 0 atom stereocenters. The number of nitrogens with zero attached hydrogens (tertiary/aromatic N) is 3. The summed E-state index contributed by atoms with van der Waals surface area (Å²) in [6.07, 6.45) is 3.84. The zero-order chi connectivity index (χ0) is 38.8. The molecule has 0 amide bonds. The van der Waals surface area contributed by atoms with Gasteiger partial charge in [-0.25, -0.2) is 11.6 Å². The molecule has 0 bridgehead atoms. The molecule has 4 heteroatoms. The molecule has 0 N–H and O–H groups in total. The van der Waals surface area contributed by atoms with Gasteiger partial charge in [0.1, 0.15) is 17.0 Å². The van der Waals surface area contributed by atoms with E-state index in [4.69, 9.17) is 16.0 Å². The molecule has 2 heterocycles. The van der Waals surface area contributed by atoms with E-state index in [0.717, 1.165) is 75.6 Å². The number of fused-ring (bicyclic) bond motifs is 4. The summed E-state index contributed by atoms with van der Waals surface area (Å²) in [5.41, 5.74) is 14.1. The van der Waals surface area contributed by atoms with Gasteiger partial charge < -0.3 is 9.26 Å². The number of hydrogen-bond acceptors (Lipinski definition) is 2. The molecular weight excluding hydrogens is 683 g/mol. The summed E-state index contributed by atoms with van der Waals surface area (Å²) >= 11 is 0. The molecule has 9 rings (SSSR count). The molecule has 0 saturated heterocycles. The maximum Gasteiger partial charge on any atom is 0.257 e. The van der Waals surface area contributed by atoms with Crippen molar-refractivity contribution in [3.8, 4) is 39.3 Å². The monoisotopic (exact) mass is 731 g/mol. The Bertz CT molecular complexity index is 2750. The van der Waals surface area contributed by atoms with Gasteiger partial charge in [0.2, 0.25) is 0 Å². The third-order valence-electron chi connectivity index (χ3n) is 12.4. The lowest BCUT2D eigenvalue weighted by atomic mass is 9.67. The van der Waals surface area contributed by atoms with Crippen molar-refractivity contribution in [2.75, 3.05) is 0 Å². The van der Waals surface area contributed by atoms with E-state index >= 15 is 0 Å². The molecule has 56 heavy (non-hydrogen) atoms. The number of benzene rings is 6. The van der Waals surface area contributed by atoms with Crippen LogP contribution in [-0.2, 0) is 5.54 Å². The van der Waals surface area contributed by atoms with Gasteiger partial charge in [0.15, 0.2) is 0 Å². The van der Waals surface area contributed by atoms with Crippen molar-refractivity contribution >= 4 is 33.0 Å². The van der Waals surface area contributed by atoms with Crippen LogP contribution in [0.15, 0.2) is 132 Å². The normalized spacial score (nSPS) is 15.3. The van der Waals surface area contributed by atoms with Gasteiger partial charge in [-0.15, -0.1) is 0 Å². The summed E-state index contributed by atoms with van der Waals surface area (Å²) in [7, 11) is 0. The first kappa shape index (κ1) is 35.8. The molecule has 6 aromatic carbocycles. The van der Waals surface area contributed by atoms with Gasteiger partial charge in [-0.1, -0.05) is 126 Å². The van der Waals surface area contributed by atoms with Crippen molar-refractivity contribution in [2.45, 2.75) is 84.6 Å². The van der Waals surface area contributed by atoms with Gasteiger partial charge in [-0.2, -0.15) is 0 Å². The molecule has 0 unspecified atom stereocenters. The first-order chi connectivity index (χ1) is 27.1. The molecule has 2 aromatic heterocycles. The van der Waals surface area contributed by atoms with Gasteiger partial charge in [0.25, 0.3) is 5.54 Å². The van der Waals surface area contributed by atoms with Crippen molar-refractivity contribution in [3.63, 3.8) is 0 Å². The van der Waals surface area contributed by atoms with E-state index in [1.54, 1.807) is 0 Å². The zero-order valence-corrected chi connectivity index (χ0v) is 33.4. The Hall–Kier alpha value is -5.92. The van der Waals surface area contributed by atoms with Crippen LogP contribution in [0.25, 0.3) is 77.1 Å². The molecule has 1 aliphatic carbocycles. The first-order valence-electron chi connectivity index (χ1n) is 20.2. The topological polar surface area (TPSA) is 35.3 Å². The van der Waals surface area contributed by atoms with Crippen LogP contribution >= 0.6 is 0 Å². The van der Waals surface area contributed by atoms with Crippen molar-refractivity contribution in [1.29, 1.82) is 0 Å². The van der Waals surface area contributed by atoms with Crippen molar-refractivity contribution in [2.24, 2.45) is 5.41 Å². The first-order valence-corrected chi connectivity index (χ1v) is 20.2. The van der Waals surface area contributed by atoms with Gasteiger partial charge in [-0.3, -0.25) is 4.57 Å². The Morgan fingerprint density at radius 1 is 0.643 bits per heavy atom. The maximum absolute atomic E-state index is 8.31. The molecular formula is C52H49N3O. The fraction of sp³-hybridized carbons (Fsp3) is 0.269. The average Bonchev–Trinajstić information content (AvgIpc) is 3.79. The SMILES string of the molecule is [C-]#[N+]C1(c2ccc3c(c2)oc2c(-c4nc5ccccc5n4-c4c(C(C)C)cc(-c5ccc(-c6ccccc6)cc5)cc4C(C)C)cccc23)CCC(C)(C)CC1. The van der Waals surface area contributed by atoms with Gasteiger partial charge in [-0.05, 0) is 106 Å². The molecule has 8 aromatic rings. The third-order valence-corrected chi connectivity index (χ3v) is 12.4. The van der Waals surface area contributed by atoms with Crippen LogP contribution in [0.4, 0.5) is 0 Å². The average molecular weight is 732 g/mol. The predicted octanol–water partition coefficient (Wildman–Crippen LogP) is 14.9. The Morgan fingerprint density at radius 3 is 1.93 bits per heavy atom. The molecule has 1 fully saturated rings. The number of furan rings is 1. The fourth-order valence-corrected chi connectivity index (χ4v) is 8.97. The Labute approximate surface area is 330 Å². The Balaban J connectivity index is 1.22. The van der Waals surface area contributed by atoms with E-state index < -0.39 is 5.54 Å². The molecule has 0 aliphatic heterocycles. The number of hydrogen-bond donors (Lipinski definition) is 0. The lowest BCUT2D eigenvalue weighted by molar-refractivity contribution is 0.188. The molecule has 0 spiro atoms. The summed E-state index contributed by atoms with van der Waals surface area (Å²) in [6.45, 7) is 22.1. The quantitative estimate of drug-likeness (QED) is 0.153. The van der Waals surface area contributed by atoms with Crippen LogP contribution < -0.4 is 0 Å². The van der Waals surface area contributed by atoms with Crippen molar-refractivity contribution < 1.29 is 4.42 Å². The van der Waals surface area contributed by atoms with Crippen LogP contribution in [0.5, 0.6) is 0 Å². The second kappa shape index (κ2) is 13.7. The van der Waals surface area contributed by atoms with E-state index in [0.29, 0.717) is 0 Å². The molecule has 1 saturated carbocycles. The smallest absolute Gasteiger partial charge is 0.257 e. The summed E-state index contributed by atoms with van der Waals surface area (Å²) in [4.78, 5) is 9.68. The van der Waals surface area contributed by atoms with Crippen LogP contribution in [0.3, 0.4) is 0 Å². The number of imidazole rings is 1. The third kappa shape index (κ3) is 6.02. The highest BCUT2D eigenvalue weighted by Crippen LogP contribution is 2.49. The fourth-order valence-electron chi connectivity index (χ4n) is 8.97. The van der Waals surface area contributed by atoms with E-state index in [9.17, 15) is 0 Å². The Kier molecular flexibility index (Phi) is 8.73. The molecule has 1 aliphatic rings. The van der Waals surface area contributed by atoms with E-state index in [1.165, 1.54) is 39.1 Å². The maximum atomic E-state index is 8.31. The minimum absolute atomic E-state index is 0.251. The standard InChI is InChI=1S/C52H49N3O/c1-33(2)43-30-38(37-22-20-36(21-23-37)35-14-9-8-10-15-35)31-44(34(3)4)48(43)55-46-19-12-11-18-45(46)54-50(55)42-17-13-16-41-40-25-24-39(32-47(40)56-49(41)42)52(53-7)28-26-51(5,6)27-29-52/h8-25,30-34H,26-29H2,1-6H3. The highest BCUT2D eigenvalue weighted by Gasteiger charge is 2.45. The van der Waals surface area contributed by atoms with Crippen molar-refractivity contribution in [1.82, 2.24) is 9.55 Å². The number of para-hydroxylation sites is 3. The van der Waals surface area contributed by atoms with Crippen LogP contribution in [0.1, 0.15) is 95.8 Å². The molecule has 278 valence electrons. The minimum Gasteiger partial charge on any atom is -0.455 e. The van der Waals surface area contributed by atoms with E-state index in [2.05, 4.69) is 178 Å². The van der Waals surface area contributed by atoms with Crippen LogP contribution in [-0.4, -0.2) is 9.55 Å². The van der Waals surface area contributed by atoms with Crippen LogP contribution in [0, 0.1) is 12.0 Å². The second-order valence-corrected chi connectivity index (χ2v) is 17.3. The highest BCUT2D eigenvalue weighted by atomic mass is 16.3. The minimum atomic E-state index is -0.504. The summed E-state index contributed by atoms with van der Waals surface area (Å²) in [6, 6.07) is 45.8. The summed E-state index contributed by atoms with van der Waals surface area (Å²) in [5.74, 6) is 1.37. The van der Waals surface area contributed by atoms with Gasteiger partial charge >= 0.3 is 0 Å². The van der Waals surface area contributed by atoms with Gasteiger partial charge in [0.05, 0.1) is 22.3 Å². The largest absolute Gasteiger partial charge is 0.455 e. The van der Waals surface area contributed by atoms with E-state index in [1.807, 2.05) is 0 Å². The number of aromatic nitrogens is 2. The van der Waals surface area contributed by atoms with E-state index in [-0.39, 0.29) is 17.3 Å². The number of rotatable bonds is 7. The molecule has 4 nitrogen and oxygen atoms in total. The molecule has 0 radical (unpaired) electrons. The second-order valence-electron chi connectivity index (χ2n) is 17.3. The van der Waals surface area contributed by atoms with Gasteiger partial charge in [0, 0.05) is 29.2 Å². The summed E-state index contributed by atoms with van der Waals surface area (Å²) < 4.78 is 9.30.